The molecule has 0 aliphatic carbocycles. The molecule has 0 bridgehead atoms. The molecule has 17 heavy (non-hydrogen) atoms. The summed E-state index contributed by atoms with van der Waals surface area (Å²) >= 11 is 0. The Kier molecular flexibility index (Phi) is 3.36. The second-order valence-electron chi connectivity index (χ2n) is 4.85. The van der Waals surface area contributed by atoms with E-state index in [9.17, 15) is 4.79 Å². The zero-order valence-electron chi connectivity index (χ0n) is 10.8. The lowest BCUT2D eigenvalue weighted by Gasteiger charge is -2.35. The van der Waals surface area contributed by atoms with Crippen molar-refractivity contribution in [1.82, 2.24) is 4.90 Å². The number of amides is 2. The van der Waals surface area contributed by atoms with E-state index in [1.54, 1.807) is 4.90 Å². The molecule has 1 aromatic carbocycles. The van der Waals surface area contributed by atoms with E-state index in [1.165, 1.54) is 5.56 Å². The van der Waals surface area contributed by atoms with Crippen molar-refractivity contribution in [3.8, 4) is 0 Å². The quantitative estimate of drug-likeness (QED) is 0.730. The van der Waals surface area contributed by atoms with Crippen LogP contribution in [0.4, 0.5) is 10.5 Å². The van der Waals surface area contributed by atoms with Crippen LogP contribution in [0.25, 0.3) is 0 Å². The summed E-state index contributed by atoms with van der Waals surface area (Å²) in [6.07, 6.45) is 1.07. The third-order valence-corrected chi connectivity index (χ3v) is 3.38. The summed E-state index contributed by atoms with van der Waals surface area (Å²) in [5.41, 5.74) is 2.36. The van der Waals surface area contributed by atoms with Crippen molar-refractivity contribution in [2.75, 3.05) is 25.0 Å². The van der Waals surface area contributed by atoms with Gasteiger partial charge in [-0.3, -0.25) is 4.90 Å². The molecular formula is C14H20N2O. The predicted molar refractivity (Wildman–Crippen MR) is 70.4 cm³/mol. The van der Waals surface area contributed by atoms with Crippen LogP contribution in [0, 0.1) is 5.92 Å². The predicted octanol–water partition coefficient (Wildman–Crippen LogP) is 2.76. The maximum atomic E-state index is 12.3. The monoisotopic (exact) mass is 232 g/mol. The second-order valence-corrected chi connectivity index (χ2v) is 4.85. The Hall–Kier alpha value is -1.51. The van der Waals surface area contributed by atoms with Crippen molar-refractivity contribution in [2.45, 2.75) is 20.3 Å². The first-order valence-corrected chi connectivity index (χ1v) is 6.24. The van der Waals surface area contributed by atoms with Gasteiger partial charge in [0, 0.05) is 25.8 Å². The number of hydrogen-bond acceptors (Lipinski definition) is 1. The minimum atomic E-state index is 0.103. The van der Waals surface area contributed by atoms with Crippen molar-refractivity contribution in [1.29, 1.82) is 0 Å². The summed E-state index contributed by atoms with van der Waals surface area (Å²) < 4.78 is 0. The minimum Gasteiger partial charge on any atom is -0.328 e. The van der Waals surface area contributed by atoms with Crippen molar-refractivity contribution < 1.29 is 4.79 Å². The van der Waals surface area contributed by atoms with Crippen LogP contribution in [-0.2, 0) is 6.42 Å². The van der Waals surface area contributed by atoms with Crippen LogP contribution >= 0.6 is 0 Å². The van der Waals surface area contributed by atoms with E-state index >= 15 is 0 Å². The molecule has 1 aliphatic heterocycles. The summed E-state index contributed by atoms with van der Waals surface area (Å²) in [6, 6.07) is 8.32. The van der Waals surface area contributed by atoms with Gasteiger partial charge >= 0.3 is 6.03 Å². The van der Waals surface area contributed by atoms with E-state index in [0.29, 0.717) is 5.92 Å². The Bertz CT molecular complexity index is 416. The van der Waals surface area contributed by atoms with Gasteiger partial charge in [-0.2, -0.15) is 0 Å². The molecule has 0 fully saturated rings. The van der Waals surface area contributed by atoms with E-state index in [1.807, 2.05) is 37.1 Å². The number of para-hydroxylation sites is 1. The first-order chi connectivity index (χ1) is 8.13. The largest absolute Gasteiger partial charge is 0.328 e. The molecule has 2 amide bonds. The molecule has 0 spiro atoms. The molecule has 1 atom stereocenters. The molecule has 3 nitrogen and oxygen atoms in total. The SMILES string of the molecule is CCN(C)C(=O)N1CC(C)Cc2ccccc21. The fraction of sp³-hybridized carbons (Fsp3) is 0.500. The van der Waals surface area contributed by atoms with Gasteiger partial charge in [0.05, 0.1) is 0 Å². The van der Waals surface area contributed by atoms with Gasteiger partial charge in [0.2, 0.25) is 0 Å². The van der Waals surface area contributed by atoms with E-state index < -0.39 is 0 Å². The molecular weight excluding hydrogens is 212 g/mol. The van der Waals surface area contributed by atoms with Gasteiger partial charge < -0.3 is 4.90 Å². The fourth-order valence-corrected chi connectivity index (χ4v) is 2.32. The molecule has 0 aromatic heterocycles. The maximum Gasteiger partial charge on any atom is 0.324 e. The van der Waals surface area contributed by atoms with Crippen LogP contribution < -0.4 is 4.90 Å². The van der Waals surface area contributed by atoms with Crippen molar-refractivity contribution in [3.63, 3.8) is 0 Å². The molecule has 1 aliphatic rings. The highest BCUT2D eigenvalue weighted by Crippen LogP contribution is 2.29. The van der Waals surface area contributed by atoms with Gasteiger partial charge in [-0.25, -0.2) is 4.79 Å². The number of benzene rings is 1. The second kappa shape index (κ2) is 4.78. The molecule has 0 radical (unpaired) electrons. The Balaban J connectivity index is 2.32. The van der Waals surface area contributed by atoms with Gasteiger partial charge in [0.25, 0.3) is 0 Å². The number of rotatable bonds is 1. The average molecular weight is 232 g/mol. The standard InChI is InChI=1S/C14H20N2O/c1-4-15(3)14(17)16-10-11(2)9-12-7-5-6-8-13(12)16/h5-8,11H,4,9-10H2,1-3H3. The molecule has 2 rings (SSSR count). The number of nitrogens with zero attached hydrogens (tertiary/aromatic N) is 2. The van der Waals surface area contributed by atoms with Gasteiger partial charge in [0.15, 0.2) is 0 Å². The molecule has 0 saturated heterocycles. The first-order valence-electron chi connectivity index (χ1n) is 6.24. The summed E-state index contributed by atoms with van der Waals surface area (Å²) in [6.45, 7) is 5.76. The lowest BCUT2D eigenvalue weighted by atomic mass is 9.94. The lowest BCUT2D eigenvalue weighted by Crippen LogP contribution is -2.45. The topological polar surface area (TPSA) is 23.6 Å². The maximum absolute atomic E-state index is 12.3. The Morgan fingerprint density at radius 2 is 2.18 bits per heavy atom. The first kappa shape index (κ1) is 12.0. The van der Waals surface area contributed by atoms with Crippen LogP contribution in [-0.4, -0.2) is 31.1 Å². The van der Waals surface area contributed by atoms with Crippen molar-refractivity contribution in [2.24, 2.45) is 5.92 Å². The number of carbonyl (C=O) groups excluding carboxylic acids is 1. The van der Waals surface area contributed by atoms with E-state index in [-0.39, 0.29) is 6.03 Å². The number of anilines is 1. The zero-order chi connectivity index (χ0) is 12.4. The summed E-state index contributed by atoms with van der Waals surface area (Å²) in [5, 5.41) is 0. The highest BCUT2D eigenvalue weighted by molar-refractivity contribution is 5.93. The van der Waals surface area contributed by atoms with Crippen LogP contribution in [0.5, 0.6) is 0 Å². The lowest BCUT2D eigenvalue weighted by molar-refractivity contribution is 0.216. The van der Waals surface area contributed by atoms with Gasteiger partial charge in [0.1, 0.15) is 0 Å². The normalized spacial score (nSPS) is 18.8. The summed E-state index contributed by atoms with van der Waals surface area (Å²) in [4.78, 5) is 16.0. The fourth-order valence-electron chi connectivity index (χ4n) is 2.32. The molecule has 1 heterocycles. The van der Waals surface area contributed by atoms with E-state index in [0.717, 1.165) is 25.2 Å². The molecule has 0 N–H and O–H groups in total. The highest BCUT2D eigenvalue weighted by atomic mass is 16.2. The number of carbonyl (C=O) groups is 1. The third-order valence-electron chi connectivity index (χ3n) is 3.38. The van der Waals surface area contributed by atoms with Crippen LogP contribution in [0.15, 0.2) is 24.3 Å². The summed E-state index contributed by atoms with van der Waals surface area (Å²) in [5.74, 6) is 0.527. The Morgan fingerprint density at radius 1 is 1.47 bits per heavy atom. The molecule has 92 valence electrons. The average Bonchev–Trinajstić information content (AvgIpc) is 2.35. The van der Waals surface area contributed by atoms with Crippen LogP contribution in [0.2, 0.25) is 0 Å². The molecule has 1 unspecified atom stereocenters. The Morgan fingerprint density at radius 3 is 2.88 bits per heavy atom. The number of fused-ring (bicyclic) bond motifs is 1. The third kappa shape index (κ3) is 2.28. The van der Waals surface area contributed by atoms with E-state index in [2.05, 4.69) is 13.0 Å². The Labute approximate surface area is 103 Å². The van der Waals surface area contributed by atoms with Crippen LogP contribution in [0.3, 0.4) is 0 Å². The van der Waals surface area contributed by atoms with Crippen LogP contribution in [0.1, 0.15) is 19.4 Å². The number of hydrogen-bond donors (Lipinski definition) is 0. The highest BCUT2D eigenvalue weighted by Gasteiger charge is 2.27. The smallest absolute Gasteiger partial charge is 0.324 e. The molecule has 0 saturated carbocycles. The minimum absolute atomic E-state index is 0.103. The van der Waals surface area contributed by atoms with Crippen molar-refractivity contribution in [3.05, 3.63) is 29.8 Å². The van der Waals surface area contributed by atoms with Gasteiger partial charge in [-0.05, 0) is 30.9 Å². The van der Waals surface area contributed by atoms with Gasteiger partial charge in [-0.1, -0.05) is 25.1 Å². The molecule has 1 aromatic rings. The van der Waals surface area contributed by atoms with E-state index in [4.69, 9.17) is 0 Å². The van der Waals surface area contributed by atoms with Crippen molar-refractivity contribution >= 4 is 11.7 Å². The molecule has 3 heteroatoms. The number of urea groups is 1. The van der Waals surface area contributed by atoms with Gasteiger partial charge in [-0.15, -0.1) is 0 Å². The summed E-state index contributed by atoms with van der Waals surface area (Å²) in [7, 11) is 1.85. The zero-order valence-corrected chi connectivity index (χ0v) is 10.8.